The monoisotopic (exact) mass is 194 g/mol. The first-order valence-electron chi connectivity index (χ1n) is 5.54. The van der Waals surface area contributed by atoms with Crippen molar-refractivity contribution in [3.05, 3.63) is 12.2 Å². The summed E-state index contributed by atoms with van der Waals surface area (Å²) in [4.78, 5) is 11.6. The van der Waals surface area contributed by atoms with E-state index in [4.69, 9.17) is 4.74 Å². The topological polar surface area (TPSA) is 26.3 Å². The maximum atomic E-state index is 11.6. The quantitative estimate of drug-likeness (QED) is 0.509. The van der Waals surface area contributed by atoms with E-state index in [1.807, 2.05) is 0 Å². The lowest BCUT2D eigenvalue weighted by Crippen LogP contribution is -2.28. The van der Waals surface area contributed by atoms with Gasteiger partial charge in [0, 0.05) is 0 Å². The van der Waals surface area contributed by atoms with E-state index in [1.165, 1.54) is 13.5 Å². The standard InChI is InChI=1S/C12H18O2/c1-3-4-10-8-5-6-9(7-8)11(10)12(13)14-2/h5-6,8-11H,3-4,7H2,1-2H3. The summed E-state index contributed by atoms with van der Waals surface area (Å²) in [5.41, 5.74) is 0. The van der Waals surface area contributed by atoms with Crippen molar-refractivity contribution in [3.8, 4) is 0 Å². The van der Waals surface area contributed by atoms with Gasteiger partial charge in [-0.15, -0.1) is 0 Å². The van der Waals surface area contributed by atoms with Crippen LogP contribution in [0.25, 0.3) is 0 Å². The average Bonchev–Trinajstić information content (AvgIpc) is 2.77. The van der Waals surface area contributed by atoms with Gasteiger partial charge in [0.2, 0.25) is 0 Å². The second-order valence-corrected chi connectivity index (χ2v) is 4.45. The van der Waals surface area contributed by atoms with E-state index in [0.717, 1.165) is 12.8 Å². The number of allylic oxidation sites excluding steroid dienone is 2. The highest BCUT2D eigenvalue weighted by molar-refractivity contribution is 5.74. The summed E-state index contributed by atoms with van der Waals surface area (Å²) in [6, 6.07) is 0. The summed E-state index contributed by atoms with van der Waals surface area (Å²) in [5.74, 6) is 1.80. The number of carbonyl (C=O) groups excluding carboxylic acids is 1. The minimum Gasteiger partial charge on any atom is -0.469 e. The summed E-state index contributed by atoms with van der Waals surface area (Å²) in [7, 11) is 1.50. The molecule has 0 aromatic carbocycles. The molecule has 0 aromatic heterocycles. The van der Waals surface area contributed by atoms with E-state index >= 15 is 0 Å². The molecule has 1 saturated carbocycles. The first-order valence-corrected chi connectivity index (χ1v) is 5.54. The van der Waals surface area contributed by atoms with Gasteiger partial charge in [-0.05, 0) is 30.6 Å². The predicted molar refractivity (Wildman–Crippen MR) is 54.6 cm³/mol. The molecule has 2 bridgehead atoms. The van der Waals surface area contributed by atoms with Gasteiger partial charge in [-0.3, -0.25) is 4.79 Å². The van der Waals surface area contributed by atoms with Crippen molar-refractivity contribution < 1.29 is 9.53 Å². The lowest BCUT2D eigenvalue weighted by Gasteiger charge is -2.25. The van der Waals surface area contributed by atoms with E-state index < -0.39 is 0 Å². The minimum atomic E-state index is 0.000278. The van der Waals surface area contributed by atoms with Crippen LogP contribution in [0.4, 0.5) is 0 Å². The molecule has 0 spiro atoms. The number of esters is 1. The number of ether oxygens (including phenoxy) is 1. The van der Waals surface area contributed by atoms with Crippen molar-refractivity contribution in [1.29, 1.82) is 0 Å². The van der Waals surface area contributed by atoms with Crippen molar-refractivity contribution in [2.45, 2.75) is 26.2 Å². The molecule has 2 aliphatic rings. The smallest absolute Gasteiger partial charge is 0.309 e. The molecule has 2 rings (SSSR count). The first-order chi connectivity index (χ1) is 6.77. The van der Waals surface area contributed by atoms with Crippen molar-refractivity contribution in [1.82, 2.24) is 0 Å². The molecule has 1 fully saturated rings. The van der Waals surface area contributed by atoms with Gasteiger partial charge in [0.25, 0.3) is 0 Å². The SMILES string of the molecule is CCCC1C2C=CC(C2)C1C(=O)OC. The minimum absolute atomic E-state index is 0.000278. The molecule has 2 aliphatic carbocycles. The van der Waals surface area contributed by atoms with E-state index in [0.29, 0.717) is 17.8 Å². The van der Waals surface area contributed by atoms with Crippen LogP contribution in [-0.4, -0.2) is 13.1 Å². The van der Waals surface area contributed by atoms with Crippen molar-refractivity contribution >= 4 is 5.97 Å². The number of hydrogen-bond acceptors (Lipinski definition) is 2. The van der Waals surface area contributed by atoms with Crippen LogP contribution in [-0.2, 0) is 9.53 Å². The highest BCUT2D eigenvalue weighted by atomic mass is 16.5. The predicted octanol–water partition coefficient (Wildman–Crippen LogP) is 2.40. The Hall–Kier alpha value is -0.790. The van der Waals surface area contributed by atoms with Crippen molar-refractivity contribution in [2.75, 3.05) is 7.11 Å². The highest BCUT2D eigenvalue weighted by Gasteiger charge is 2.47. The summed E-state index contributed by atoms with van der Waals surface area (Å²) < 4.78 is 4.89. The third-order valence-corrected chi connectivity index (χ3v) is 3.72. The molecule has 4 unspecified atom stereocenters. The van der Waals surface area contributed by atoms with Gasteiger partial charge in [-0.1, -0.05) is 25.5 Å². The van der Waals surface area contributed by atoms with Gasteiger partial charge in [0.05, 0.1) is 13.0 Å². The van der Waals surface area contributed by atoms with Gasteiger partial charge >= 0.3 is 5.97 Å². The summed E-state index contributed by atoms with van der Waals surface area (Å²) in [5, 5.41) is 0. The van der Waals surface area contributed by atoms with Crippen LogP contribution >= 0.6 is 0 Å². The maximum Gasteiger partial charge on any atom is 0.309 e. The number of methoxy groups -OCH3 is 1. The van der Waals surface area contributed by atoms with Gasteiger partial charge < -0.3 is 4.74 Å². The van der Waals surface area contributed by atoms with Gasteiger partial charge in [0.1, 0.15) is 0 Å². The molecule has 0 aromatic rings. The Morgan fingerprint density at radius 2 is 2.14 bits per heavy atom. The molecule has 2 nitrogen and oxygen atoms in total. The van der Waals surface area contributed by atoms with E-state index in [9.17, 15) is 4.79 Å². The van der Waals surface area contributed by atoms with Crippen molar-refractivity contribution in [3.63, 3.8) is 0 Å². The summed E-state index contributed by atoms with van der Waals surface area (Å²) >= 11 is 0. The average molecular weight is 194 g/mol. The Morgan fingerprint density at radius 3 is 2.79 bits per heavy atom. The van der Waals surface area contributed by atoms with Crippen LogP contribution < -0.4 is 0 Å². The Balaban J connectivity index is 2.13. The number of fused-ring (bicyclic) bond motifs is 2. The molecule has 2 heteroatoms. The van der Waals surface area contributed by atoms with Crippen molar-refractivity contribution in [2.24, 2.45) is 23.7 Å². The Bertz CT molecular complexity index is 257. The van der Waals surface area contributed by atoms with Crippen LogP contribution in [0.5, 0.6) is 0 Å². The molecule has 0 amide bonds. The van der Waals surface area contributed by atoms with E-state index in [-0.39, 0.29) is 11.9 Å². The number of rotatable bonds is 3. The fraction of sp³-hybridized carbons (Fsp3) is 0.750. The molecule has 4 atom stereocenters. The summed E-state index contributed by atoms with van der Waals surface area (Å²) in [6.45, 7) is 2.18. The maximum absolute atomic E-state index is 11.6. The molecular formula is C12H18O2. The number of hydrogen-bond donors (Lipinski definition) is 0. The fourth-order valence-corrected chi connectivity index (χ4v) is 3.14. The lowest BCUT2D eigenvalue weighted by molar-refractivity contribution is -0.148. The van der Waals surface area contributed by atoms with E-state index in [2.05, 4.69) is 19.1 Å². The normalized spacial score (nSPS) is 39.0. The van der Waals surface area contributed by atoms with Gasteiger partial charge in [-0.2, -0.15) is 0 Å². The number of carbonyl (C=O) groups is 1. The second-order valence-electron chi connectivity index (χ2n) is 4.45. The molecule has 0 radical (unpaired) electrons. The second kappa shape index (κ2) is 3.76. The van der Waals surface area contributed by atoms with Crippen LogP contribution in [0.15, 0.2) is 12.2 Å². The van der Waals surface area contributed by atoms with E-state index in [1.54, 1.807) is 0 Å². The van der Waals surface area contributed by atoms with Gasteiger partial charge in [0.15, 0.2) is 0 Å². The fourth-order valence-electron chi connectivity index (χ4n) is 3.14. The molecule has 0 heterocycles. The molecule has 0 N–H and O–H groups in total. The molecular weight excluding hydrogens is 176 g/mol. The molecule has 14 heavy (non-hydrogen) atoms. The molecule has 0 saturated heterocycles. The van der Waals surface area contributed by atoms with Crippen LogP contribution in [0.3, 0.4) is 0 Å². The Morgan fingerprint density at radius 1 is 1.43 bits per heavy atom. The Kier molecular flexibility index (Phi) is 2.62. The lowest BCUT2D eigenvalue weighted by atomic mass is 9.80. The zero-order valence-corrected chi connectivity index (χ0v) is 8.90. The zero-order valence-electron chi connectivity index (χ0n) is 8.90. The summed E-state index contributed by atoms with van der Waals surface area (Å²) in [6.07, 6.45) is 7.99. The molecule has 0 aliphatic heterocycles. The third-order valence-electron chi connectivity index (χ3n) is 3.72. The molecule has 78 valence electrons. The van der Waals surface area contributed by atoms with Crippen LogP contribution in [0.2, 0.25) is 0 Å². The van der Waals surface area contributed by atoms with Gasteiger partial charge in [-0.25, -0.2) is 0 Å². The third kappa shape index (κ3) is 1.37. The largest absolute Gasteiger partial charge is 0.469 e. The zero-order chi connectivity index (χ0) is 10.1. The first kappa shape index (κ1) is 9.75. The Labute approximate surface area is 85.3 Å². The van der Waals surface area contributed by atoms with Crippen LogP contribution in [0, 0.1) is 23.7 Å². The highest BCUT2D eigenvalue weighted by Crippen LogP contribution is 2.50. The van der Waals surface area contributed by atoms with Crippen LogP contribution in [0.1, 0.15) is 26.2 Å².